The minimum atomic E-state index is -1.12. The first-order valence-electron chi connectivity index (χ1n) is 11.8. The number of aryl methyl sites for hydroxylation is 1. The van der Waals surface area contributed by atoms with E-state index in [1.54, 1.807) is 30.3 Å². The van der Waals surface area contributed by atoms with Crippen LogP contribution in [0.15, 0.2) is 48.5 Å². The number of carbonyl (C=O) groups is 4. The van der Waals surface area contributed by atoms with Crippen molar-refractivity contribution in [3.05, 3.63) is 65.2 Å². The van der Waals surface area contributed by atoms with E-state index in [0.717, 1.165) is 21.0 Å². The lowest BCUT2D eigenvalue weighted by Crippen LogP contribution is -2.55. The Morgan fingerprint density at radius 2 is 1.71 bits per heavy atom. The van der Waals surface area contributed by atoms with E-state index in [2.05, 4.69) is 19.3 Å². The van der Waals surface area contributed by atoms with Crippen molar-refractivity contribution >= 4 is 29.3 Å². The third-order valence-corrected chi connectivity index (χ3v) is 6.32. The van der Waals surface area contributed by atoms with E-state index < -0.39 is 23.8 Å². The summed E-state index contributed by atoms with van der Waals surface area (Å²) in [7, 11) is 0. The monoisotopic (exact) mass is 463 g/mol. The van der Waals surface area contributed by atoms with Crippen LogP contribution in [-0.4, -0.2) is 34.7 Å². The second kappa shape index (κ2) is 10.6. The van der Waals surface area contributed by atoms with Crippen LogP contribution in [0.4, 0.5) is 5.69 Å². The van der Waals surface area contributed by atoms with Crippen molar-refractivity contribution in [2.45, 2.75) is 65.8 Å². The average Bonchev–Trinajstić information content (AvgIpc) is 3.11. The van der Waals surface area contributed by atoms with Gasteiger partial charge in [-0.1, -0.05) is 57.5 Å². The zero-order valence-electron chi connectivity index (χ0n) is 20.5. The second-order valence-electron chi connectivity index (χ2n) is 9.07. The Hall–Kier alpha value is -3.48. The van der Waals surface area contributed by atoms with E-state index in [0.29, 0.717) is 30.0 Å². The molecule has 7 nitrogen and oxygen atoms in total. The summed E-state index contributed by atoms with van der Waals surface area (Å²) in [6, 6.07) is 13.1. The van der Waals surface area contributed by atoms with Crippen LogP contribution in [0.5, 0.6) is 0 Å². The van der Waals surface area contributed by atoms with Crippen LogP contribution in [0.25, 0.3) is 0 Å². The van der Waals surface area contributed by atoms with Gasteiger partial charge < -0.3 is 0 Å². The minimum Gasteiger partial charge on any atom is -0.274 e. The first-order chi connectivity index (χ1) is 16.2. The number of rotatable bonds is 7. The number of amides is 4. The fourth-order valence-corrected chi connectivity index (χ4v) is 4.15. The fraction of sp³-hybridized carbons (Fsp3) is 0.407. The summed E-state index contributed by atoms with van der Waals surface area (Å²) in [5, 5.41) is 1.05. The summed E-state index contributed by atoms with van der Waals surface area (Å²) in [5.74, 6) is -1.80. The number of hydrazine groups is 1. The summed E-state index contributed by atoms with van der Waals surface area (Å²) in [4.78, 5) is 53.8. The molecule has 0 radical (unpaired) electrons. The molecule has 1 fully saturated rings. The van der Waals surface area contributed by atoms with Gasteiger partial charge >= 0.3 is 0 Å². The second-order valence-corrected chi connectivity index (χ2v) is 9.07. The molecule has 1 unspecified atom stereocenters. The molecule has 0 aliphatic carbocycles. The van der Waals surface area contributed by atoms with Crippen LogP contribution in [0.2, 0.25) is 0 Å². The highest BCUT2D eigenvalue weighted by atomic mass is 16.2. The molecule has 2 aromatic carbocycles. The maximum absolute atomic E-state index is 13.5. The van der Waals surface area contributed by atoms with E-state index >= 15 is 0 Å². The number of benzene rings is 2. The minimum absolute atomic E-state index is 0.203. The molecule has 0 bridgehead atoms. The Balaban J connectivity index is 1.94. The van der Waals surface area contributed by atoms with Crippen molar-refractivity contribution in [2.24, 2.45) is 5.92 Å². The summed E-state index contributed by atoms with van der Waals surface area (Å²) < 4.78 is 0. The van der Waals surface area contributed by atoms with E-state index in [9.17, 15) is 19.2 Å². The van der Waals surface area contributed by atoms with Gasteiger partial charge in [0.15, 0.2) is 0 Å². The Morgan fingerprint density at radius 3 is 2.26 bits per heavy atom. The Morgan fingerprint density at radius 1 is 1.06 bits per heavy atom. The predicted octanol–water partition coefficient (Wildman–Crippen LogP) is 4.36. The molecule has 4 amide bonds. The van der Waals surface area contributed by atoms with Gasteiger partial charge in [-0.25, -0.2) is 9.91 Å². The van der Waals surface area contributed by atoms with Gasteiger partial charge in [0.05, 0.1) is 12.1 Å². The molecule has 7 heteroatoms. The number of imide groups is 1. The van der Waals surface area contributed by atoms with Gasteiger partial charge in [0, 0.05) is 11.5 Å². The van der Waals surface area contributed by atoms with Crippen molar-refractivity contribution in [3.63, 3.8) is 0 Å². The maximum atomic E-state index is 13.5. The Bertz CT molecular complexity index is 1070. The summed E-state index contributed by atoms with van der Waals surface area (Å²) in [6.07, 6.45) is 0.993. The number of anilines is 1. The molecule has 1 atom stereocenters. The van der Waals surface area contributed by atoms with E-state index in [1.165, 1.54) is 0 Å². The van der Waals surface area contributed by atoms with Crippen LogP contribution >= 0.6 is 0 Å². The number of nitrogens with one attached hydrogen (secondary N) is 1. The lowest BCUT2D eigenvalue weighted by Gasteiger charge is -2.29. The highest BCUT2D eigenvalue weighted by Gasteiger charge is 2.45. The molecule has 2 aromatic rings. The van der Waals surface area contributed by atoms with Gasteiger partial charge in [-0.3, -0.25) is 24.6 Å². The third-order valence-electron chi connectivity index (χ3n) is 6.32. The van der Waals surface area contributed by atoms with Gasteiger partial charge in [0.2, 0.25) is 11.8 Å². The van der Waals surface area contributed by atoms with Crippen LogP contribution in [0.1, 0.15) is 74.4 Å². The Kier molecular flexibility index (Phi) is 7.87. The third kappa shape index (κ3) is 5.19. The van der Waals surface area contributed by atoms with Crippen molar-refractivity contribution in [1.29, 1.82) is 0 Å². The smallest absolute Gasteiger partial charge is 0.273 e. The van der Waals surface area contributed by atoms with Crippen molar-refractivity contribution in [3.8, 4) is 0 Å². The number of nitrogens with zero attached hydrogens (tertiary/aromatic N) is 2. The molecule has 0 saturated carbocycles. The highest BCUT2D eigenvalue weighted by molar-refractivity contribution is 6.23. The first kappa shape index (κ1) is 25.1. The lowest BCUT2D eigenvalue weighted by atomic mass is 10.0. The molecule has 3 rings (SSSR count). The molecule has 1 N–H and O–H groups in total. The van der Waals surface area contributed by atoms with Crippen LogP contribution in [-0.2, 0) is 14.4 Å². The van der Waals surface area contributed by atoms with Crippen molar-refractivity contribution in [2.75, 3.05) is 4.90 Å². The average molecular weight is 464 g/mol. The zero-order valence-corrected chi connectivity index (χ0v) is 20.5. The number of hydrogen-bond acceptors (Lipinski definition) is 4. The van der Waals surface area contributed by atoms with Crippen LogP contribution in [0.3, 0.4) is 0 Å². The fourth-order valence-electron chi connectivity index (χ4n) is 4.15. The van der Waals surface area contributed by atoms with Gasteiger partial charge in [-0.15, -0.1) is 0 Å². The maximum Gasteiger partial charge on any atom is 0.273 e. The molecule has 180 valence electrons. The van der Waals surface area contributed by atoms with E-state index in [-0.39, 0.29) is 18.2 Å². The molecule has 0 spiro atoms. The summed E-state index contributed by atoms with van der Waals surface area (Å²) in [5.41, 5.74) is 5.43. The molecule has 0 aromatic heterocycles. The molecule has 1 aliphatic heterocycles. The largest absolute Gasteiger partial charge is 0.274 e. The molecule has 1 heterocycles. The van der Waals surface area contributed by atoms with Crippen molar-refractivity contribution in [1.82, 2.24) is 10.4 Å². The van der Waals surface area contributed by atoms with Crippen LogP contribution in [0, 0.1) is 12.8 Å². The van der Waals surface area contributed by atoms with Gasteiger partial charge in [-0.2, -0.15) is 0 Å². The van der Waals surface area contributed by atoms with Crippen LogP contribution < -0.4 is 10.3 Å². The van der Waals surface area contributed by atoms with E-state index in [4.69, 9.17) is 0 Å². The molecule has 34 heavy (non-hydrogen) atoms. The molecular weight excluding hydrogens is 430 g/mol. The van der Waals surface area contributed by atoms with Gasteiger partial charge in [-0.05, 0) is 55.5 Å². The molecular formula is C27H33N3O4. The normalized spacial score (nSPS) is 15.9. The highest BCUT2D eigenvalue weighted by Crippen LogP contribution is 2.28. The topological polar surface area (TPSA) is 86.8 Å². The van der Waals surface area contributed by atoms with Gasteiger partial charge in [0.1, 0.15) is 6.04 Å². The van der Waals surface area contributed by atoms with Gasteiger partial charge in [0.25, 0.3) is 11.8 Å². The molecule has 1 aliphatic rings. The predicted molar refractivity (Wildman–Crippen MR) is 131 cm³/mol. The van der Waals surface area contributed by atoms with E-state index in [1.807, 2.05) is 39.0 Å². The quantitative estimate of drug-likeness (QED) is 0.488. The first-order valence-corrected chi connectivity index (χ1v) is 11.8. The molecule has 1 saturated heterocycles. The number of carbonyl (C=O) groups excluding carboxylic acids is 4. The Labute approximate surface area is 201 Å². The zero-order chi connectivity index (χ0) is 25.0. The standard InChI is InChI=1S/C27H33N3O4/c1-6-19(7-2)25(32)28-30(26(33)21-10-8-9-18(5)15-21)23-16-24(31)29(27(23)34)22-13-11-20(12-14-22)17(3)4/h8-15,17,19,23H,6-7,16H2,1-5H3,(H,28,32). The SMILES string of the molecule is CCC(CC)C(=O)NN(C(=O)c1cccc(C)c1)C1CC(=O)N(c2ccc(C(C)C)cc2)C1=O. The number of hydrogen-bond donors (Lipinski definition) is 1. The summed E-state index contributed by atoms with van der Waals surface area (Å²) in [6.45, 7) is 9.78. The summed E-state index contributed by atoms with van der Waals surface area (Å²) >= 11 is 0. The lowest BCUT2D eigenvalue weighted by molar-refractivity contribution is -0.132. The van der Waals surface area contributed by atoms with Crippen molar-refractivity contribution < 1.29 is 19.2 Å².